The van der Waals surface area contributed by atoms with E-state index < -0.39 is 0 Å². The van der Waals surface area contributed by atoms with Crippen molar-refractivity contribution in [3.63, 3.8) is 0 Å². The van der Waals surface area contributed by atoms with Crippen molar-refractivity contribution in [2.45, 2.75) is 99.7 Å². The van der Waals surface area contributed by atoms with E-state index in [1.165, 1.54) is 41.5 Å². The van der Waals surface area contributed by atoms with Crippen LogP contribution in [-0.2, 0) is 27.5 Å². The lowest BCUT2D eigenvalue weighted by Gasteiger charge is -2.70. The van der Waals surface area contributed by atoms with E-state index in [9.17, 15) is 4.79 Å². The van der Waals surface area contributed by atoms with Gasteiger partial charge in [0.25, 0.3) is 0 Å². The maximum atomic E-state index is 13.7. The molecular formula is C44H52O3. The standard InChI is InChI=1S/C44H52O3/c1-30-34-18-19-37-42(5,35(34)26-36(45)39(30)47-29-33-16-12-9-13-17-33)23-25-44(7)38-27-41(4,21-20-40(38,3)22-24-43(37,44)6)31(2)46-28-32-14-10-8-11-15-32/h8-19,26,38H,2,20-25,27-29H2,1,3-7H3/t38-,40-,41-,42+,43-,44+/m1/s1. The molecule has 6 atom stereocenters. The van der Waals surface area contributed by atoms with Gasteiger partial charge in [-0.1, -0.05) is 120 Å². The molecule has 3 fully saturated rings. The quantitative estimate of drug-likeness (QED) is 0.286. The van der Waals surface area contributed by atoms with E-state index in [0.29, 0.717) is 30.3 Å². The molecule has 47 heavy (non-hydrogen) atoms. The fourth-order valence-corrected chi connectivity index (χ4v) is 10.5. The highest BCUT2D eigenvalue weighted by atomic mass is 16.5. The molecule has 0 saturated heterocycles. The summed E-state index contributed by atoms with van der Waals surface area (Å²) in [5.74, 6) is 1.99. The lowest BCUT2D eigenvalue weighted by atomic mass is 9.34. The van der Waals surface area contributed by atoms with Crippen LogP contribution in [0.5, 0.6) is 0 Å². The zero-order valence-corrected chi connectivity index (χ0v) is 29.4. The topological polar surface area (TPSA) is 35.5 Å². The number of fused-ring (bicyclic) bond motifs is 7. The highest BCUT2D eigenvalue weighted by molar-refractivity contribution is 6.07. The molecule has 5 aliphatic carbocycles. The van der Waals surface area contributed by atoms with Gasteiger partial charge in [0.1, 0.15) is 13.2 Å². The minimum absolute atomic E-state index is 0.000161. The van der Waals surface area contributed by atoms with E-state index in [-0.39, 0.29) is 27.4 Å². The van der Waals surface area contributed by atoms with Gasteiger partial charge in [-0.3, -0.25) is 4.79 Å². The molecular weight excluding hydrogens is 576 g/mol. The van der Waals surface area contributed by atoms with Gasteiger partial charge in [0.2, 0.25) is 5.78 Å². The van der Waals surface area contributed by atoms with Crippen LogP contribution >= 0.6 is 0 Å². The summed E-state index contributed by atoms with van der Waals surface area (Å²) < 4.78 is 12.6. The Kier molecular flexibility index (Phi) is 7.65. The van der Waals surface area contributed by atoms with Crippen molar-refractivity contribution < 1.29 is 14.3 Å². The molecule has 0 radical (unpaired) electrons. The normalized spacial score (nSPS) is 36.1. The van der Waals surface area contributed by atoms with Crippen LogP contribution in [0.2, 0.25) is 0 Å². The summed E-state index contributed by atoms with van der Waals surface area (Å²) in [6.45, 7) is 20.1. The first-order valence-corrected chi connectivity index (χ1v) is 17.8. The van der Waals surface area contributed by atoms with E-state index >= 15 is 0 Å². The monoisotopic (exact) mass is 628 g/mol. The van der Waals surface area contributed by atoms with E-state index in [1.807, 2.05) is 36.4 Å². The number of carbonyl (C=O) groups excluding carboxylic acids is 1. The van der Waals surface area contributed by atoms with E-state index in [1.54, 1.807) is 0 Å². The van der Waals surface area contributed by atoms with Gasteiger partial charge in [0.15, 0.2) is 5.76 Å². The summed E-state index contributed by atoms with van der Waals surface area (Å²) in [6, 6.07) is 20.5. The first-order chi connectivity index (χ1) is 22.3. The largest absolute Gasteiger partial charge is 0.493 e. The van der Waals surface area contributed by atoms with Crippen LogP contribution in [0.25, 0.3) is 0 Å². The summed E-state index contributed by atoms with van der Waals surface area (Å²) in [5, 5.41) is 0. The number of rotatable bonds is 7. The number of hydrogen-bond donors (Lipinski definition) is 0. The van der Waals surface area contributed by atoms with Gasteiger partial charge < -0.3 is 9.47 Å². The molecule has 0 heterocycles. The Balaban J connectivity index is 1.19. The molecule has 3 heteroatoms. The molecule has 0 N–H and O–H groups in total. The van der Waals surface area contributed by atoms with Crippen molar-refractivity contribution in [1.82, 2.24) is 0 Å². The second-order valence-electron chi connectivity index (χ2n) is 16.6. The molecule has 2 aromatic rings. The number of hydrogen-bond acceptors (Lipinski definition) is 3. The molecule has 3 saturated carbocycles. The lowest BCUT2D eigenvalue weighted by molar-refractivity contribution is -0.161. The fraction of sp³-hybridized carbons (Fsp3) is 0.477. The highest BCUT2D eigenvalue weighted by Crippen LogP contribution is 2.75. The summed E-state index contributed by atoms with van der Waals surface area (Å²) in [7, 11) is 0. The van der Waals surface area contributed by atoms with Crippen LogP contribution in [0.4, 0.5) is 0 Å². The Labute approximate surface area is 282 Å². The molecule has 246 valence electrons. The SMILES string of the molecule is C=C(OCc1ccccc1)[C@]1(C)CC[C@]2(C)CC[C@]3(C)C4=CC=C5C(=CC(=O)C(OCc6ccccc6)=C5C)[C@]4(C)CC[C@@]3(C)[C@@H]2C1. The van der Waals surface area contributed by atoms with Crippen molar-refractivity contribution in [1.29, 1.82) is 0 Å². The van der Waals surface area contributed by atoms with E-state index in [4.69, 9.17) is 9.47 Å². The minimum Gasteiger partial charge on any atom is -0.493 e. The first kappa shape index (κ1) is 32.0. The third-order valence-electron chi connectivity index (χ3n) is 14.0. The van der Waals surface area contributed by atoms with Gasteiger partial charge in [0.05, 0.1) is 5.76 Å². The first-order valence-electron chi connectivity index (χ1n) is 17.8. The number of benzene rings is 2. The molecule has 0 spiro atoms. The van der Waals surface area contributed by atoms with Gasteiger partial charge in [0, 0.05) is 16.4 Å². The summed E-state index contributed by atoms with van der Waals surface area (Å²) in [5.41, 5.74) is 7.35. The average Bonchev–Trinajstić information content (AvgIpc) is 3.07. The number of ketones is 1. The molecule has 5 aliphatic rings. The zero-order chi connectivity index (χ0) is 33.2. The Bertz CT molecular complexity index is 1730. The molecule has 0 amide bonds. The van der Waals surface area contributed by atoms with Crippen molar-refractivity contribution >= 4 is 5.78 Å². The zero-order valence-electron chi connectivity index (χ0n) is 29.4. The fourth-order valence-electron chi connectivity index (χ4n) is 10.5. The average molecular weight is 629 g/mol. The van der Waals surface area contributed by atoms with Gasteiger partial charge >= 0.3 is 0 Å². The second kappa shape index (κ2) is 11.2. The van der Waals surface area contributed by atoms with Crippen LogP contribution in [0.1, 0.15) is 97.6 Å². The highest BCUT2D eigenvalue weighted by Gasteiger charge is 2.67. The molecule has 3 nitrogen and oxygen atoms in total. The Morgan fingerprint density at radius 3 is 2.13 bits per heavy atom. The van der Waals surface area contributed by atoms with Crippen molar-refractivity contribution in [3.8, 4) is 0 Å². The Morgan fingerprint density at radius 2 is 1.45 bits per heavy atom. The second-order valence-corrected chi connectivity index (χ2v) is 16.6. The van der Waals surface area contributed by atoms with Gasteiger partial charge in [-0.15, -0.1) is 0 Å². The van der Waals surface area contributed by atoms with Gasteiger partial charge in [-0.2, -0.15) is 0 Å². The molecule has 0 aliphatic heterocycles. The van der Waals surface area contributed by atoms with Crippen LogP contribution in [0, 0.1) is 33.0 Å². The molecule has 0 bridgehead atoms. The predicted octanol–water partition coefficient (Wildman–Crippen LogP) is 11.0. The number of allylic oxidation sites excluding steroid dienone is 8. The van der Waals surface area contributed by atoms with Gasteiger partial charge in [-0.25, -0.2) is 0 Å². The van der Waals surface area contributed by atoms with Crippen molar-refractivity contribution in [2.24, 2.45) is 33.0 Å². The van der Waals surface area contributed by atoms with Crippen LogP contribution < -0.4 is 0 Å². The lowest BCUT2D eigenvalue weighted by Crippen LogP contribution is -2.61. The predicted molar refractivity (Wildman–Crippen MR) is 190 cm³/mol. The van der Waals surface area contributed by atoms with Gasteiger partial charge in [-0.05, 0) is 102 Å². The maximum Gasteiger partial charge on any atom is 0.221 e. The number of ether oxygens (including phenoxy) is 2. The van der Waals surface area contributed by atoms with Crippen molar-refractivity contribution in [2.75, 3.05) is 0 Å². The van der Waals surface area contributed by atoms with Crippen molar-refractivity contribution in [3.05, 3.63) is 130 Å². The summed E-state index contributed by atoms with van der Waals surface area (Å²) >= 11 is 0. The van der Waals surface area contributed by atoms with Crippen LogP contribution in [0.15, 0.2) is 119 Å². The summed E-state index contributed by atoms with van der Waals surface area (Å²) in [4.78, 5) is 13.7. The third kappa shape index (κ3) is 4.94. The minimum atomic E-state index is -0.172. The van der Waals surface area contributed by atoms with E-state index in [0.717, 1.165) is 42.6 Å². The van der Waals surface area contributed by atoms with Crippen LogP contribution in [0.3, 0.4) is 0 Å². The Morgan fingerprint density at radius 1 is 0.809 bits per heavy atom. The molecule has 0 unspecified atom stereocenters. The smallest absolute Gasteiger partial charge is 0.221 e. The molecule has 2 aromatic carbocycles. The van der Waals surface area contributed by atoms with E-state index in [2.05, 4.69) is 90.6 Å². The maximum absolute atomic E-state index is 13.7. The Hall–Kier alpha value is -3.59. The third-order valence-corrected chi connectivity index (χ3v) is 14.0. The molecule has 0 aromatic heterocycles. The summed E-state index contributed by atoms with van der Waals surface area (Å²) in [6.07, 6.45) is 14.7. The van der Waals surface area contributed by atoms with Crippen LogP contribution in [-0.4, -0.2) is 5.78 Å². The number of carbonyl (C=O) groups is 1. The molecule has 7 rings (SSSR count).